The maximum atomic E-state index is 12.0. The minimum Gasteiger partial charge on any atom is -0.467 e. The smallest absolute Gasteiger partial charge is 0.234 e. The summed E-state index contributed by atoms with van der Waals surface area (Å²) < 4.78 is 7.02. The minimum absolute atomic E-state index is 0.0249. The molecule has 1 aliphatic heterocycles. The van der Waals surface area contributed by atoms with Crippen LogP contribution in [0.3, 0.4) is 0 Å². The number of nitrogens with zero attached hydrogens (tertiary/aromatic N) is 4. The summed E-state index contributed by atoms with van der Waals surface area (Å²) in [5.41, 5.74) is 0. The van der Waals surface area contributed by atoms with E-state index in [1.807, 2.05) is 16.8 Å². The van der Waals surface area contributed by atoms with Crippen LogP contribution >= 0.6 is 0 Å². The van der Waals surface area contributed by atoms with Crippen molar-refractivity contribution in [3.05, 3.63) is 36.8 Å². The molecule has 2 aromatic rings. The van der Waals surface area contributed by atoms with Crippen LogP contribution in [0.4, 0.5) is 0 Å². The molecule has 0 saturated carbocycles. The van der Waals surface area contributed by atoms with E-state index in [-0.39, 0.29) is 5.91 Å². The number of likely N-dealkylation sites (tertiary alicyclic amines) is 1. The van der Waals surface area contributed by atoms with E-state index < -0.39 is 0 Å². The molecule has 7 nitrogen and oxygen atoms in total. The molecular weight excluding hydrogens is 270 g/mol. The summed E-state index contributed by atoms with van der Waals surface area (Å²) in [5.74, 6) is 0.792. The van der Waals surface area contributed by atoms with Crippen molar-refractivity contribution in [2.75, 3.05) is 13.1 Å². The average Bonchev–Trinajstić information content (AvgIpc) is 3.20. The first-order valence-corrected chi connectivity index (χ1v) is 7.17. The molecule has 0 spiro atoms. The summed E-state index contributed by atoms with van der Waals surface area (Å²) in [7, 11) is 0. The molecule has 1 saturated heterocycles. The van der Waals surface area contributed by atoms with Gasteiger partial charge in [0.1, 0.15) is 18.4 Å². The van der Waals surface area contributed by atoms with E-state index in [2.05, 4.69) is 20.3 Å². The van der Waals surface area contributed by atoms with Crippen LogP contribution in [0.2, 0.25) is 0 Å². The molecule has 112 valence electrons. The summed E-state index contributed by atoms with van der Waals surface area (Å²) in [6, 6.07) is 4.01. The first-order chi connectivity index (χ1) is 10.3. The predicted molar refractivity (Wildman–Crippen MR) is 75.2 cm³/mol. The van der Waals surface area contributed by atoms with Crippen molar-refractivity contribution in [2.45, 2.75) is 32.0 Å². The topological polar surface area (TPSA) is 76.2 Å². The van der Waals surface area contributed by atoms with Crippen LogP contribution in [-0.2, 0) is 17.9 Å². The Morgan fingerprint density at radius 2 is 2.48 bits per heavy atom. The van der Waals surface area contributed by atoms with Crippen molar-refractivity contribution >= 4 is 5.91 Å². The Bertz CT molecular complexity index is 552. The molecule has 21 heavy (non-hydrogen) atoms. The van der Waals surface area contributed by atoms with Crippen molar-refractivity contribution < 1.29 is 9.21 Å². The van der Waals surface area contributed by atoms with Gasteiger partial charge in [-0.05, 0) is 31.5 Å². The molecule has 0 unspecified atom stereocenters. The van der Waals surface area contributed by atoms with Gasteiger partial charge in [-0.25, -0.2) is 4.98 Å². The van der Waals surface area contributed by atoms with Gasteiger partial charge in [0.25, 0.3) is 0 Å². The lowest BCUT2D eigenvalue weighted by Gasteiger charge is -2.23. The predicted octanol–water partition coefficient (Wildman–Crippen LogP) is 0.652. The fraction of sp³-hybridized carbons (Fsp3) is 0.500. The largest absolute Gasteiger partial charge is 0.467 e. The van der Waals surface area contributed by atoms with Crippen molar-refractivity contribution in [1.82, 2.24) is 25.0 Å². The number of carbonyl (C=O) groups excluding carboxylic acids is 1. The lowest BCUT2D eigenvalue weighted by molar-refractivity contribution is -0.122. The molecule has 0 aromatic carbocycles. The normalized spacial score (nSPS) is 19.0. The Labute approximate surface area is 122 Å². The molecule has 2 aromatic heterocycles. The van der Waals surface area contributed by atoms with Crippen molar-refractivity contribution in [2.24, 2.45) is 0 Å². The maximum Gasteiger partial charge on any atom is 0.234 e. The molecule has 1 amide bonds. The van der Waals surface area contributed by atoms with E-state index in [9.17, 15) is 4.79 Å². The molecule has 1 N–H and O–H groups in total. The summed E-state index contributed by atoms with van der Waals surface area (Å²) in [4.78, 5) is 18.2. The highest BCUT2D eigenvalue weighted by Crippen LogP contribution is 2.17. The quantitative estimate of drug-likeness (QED) is 0.845. The molecule has 7 heteroatoms. The summed E-state index contributed by atoms with van der Waals surface area (Å²) in [6.07, 6.45) is 7.06. The van der Waals surface area contributed by atoms with Crippen molar-refractivity contribution in [3.8, 4) is 0 Å². The molecule has 3 rings (SSSR count). The second kappa shape index (κ2) is 6.53. The molecule has 0 aliphatic carbocycles. The summed E-state index contributed by atoms with van der Waals surface area (Å²) in [6.45, 7) is 2.59. The average molecular weight is 289 g/mol. The van der Waals surface area contributed by atoms with E-state index in [1.165, 1.54) is 6.33 Å². The molecule has 1 fully saturated rings. The van der Waals surface area contributed by atoms with Crippen LogP contribution in [0.25, 0.3) is 0 Å². The van der Waals surface area contributed by atoms with Crippen LogP contribution in [0.1, 0.15) is 18.6 Å². The highest BCUT2D eigenvalue weighted by atomic mass is 16.3. The number of nitrogens with one attached hydrogen (secondary N) is 1. The standard InChI is InChI=1S/C14H19N5O2/c20-14(16-7-13-4-2-6-21-13)9-18-5-1-3-12(18)8-19-11-15-10-17-19/h2,4,6,10-12H,1,3,5,7-9H2,(H,16,20)/t12-/m0/s1. The first kappa shape index (κ1) is 13.8. The van der Waals surface area contributed by atoms with Gasteiger partial charge in [0.05, 0.1) is 25.9 Å². The minimum atomic E-state index is 0.0249. The number of hydrogen-bond donors (Lipinski definition) is 1. The zero-order valence-corrected chi connectivity index (χ0v) is 11.8. The van der Waals surface area contributed by atoms with Gasteiger partial charge in [-0.15, -0.1) is 0 Å². The second-order valence-electron chi connectivity index (χ2n) is 5.24. The van der Waals surface area contributed by atoms with Crippen molar-refractivity contribution in [1.29, 1.82) is 0 Å². The molecule has 1 atom stereocenters. The first-order valence-electron chi connectivity index (χ1n) is 7.17. The Morgan fingerprint density at radius 3 is 3.24 bits per heavy atom. The van der Waals surface area contributed by atoms with E-state index in [0.29, 0.717) is 19.1 Å². The number of amides is 1. The van der Waals surface area contributed by atoms with E-state index >= 15 is 0 Å². The highest BCUT2D eigenvalue weighted by molar-refractivity contribution is 5.78. The number of aromatic nitrogens is 3. The third kappa shape index (κ3) is 3.69. The van der Waals surface area contributed by atoms with Gasteiger partial charge >= 0.3 is 0 Å². The zero-order chi connectivity index (χ0) is 14.5. The van der Waals surface area contributed by atoms with Crippen LogP contribution < -0.4 is 5.32 Å². The van der Waals surface area contributed by atoms with E-state index in [1.54, 1.807) is 12.6 Å². The Kier molecular flexibility index (Phi) is 4.30. The van der Waals surface area contributed by atoms with E-state index in [0.717, 1.165) is 31.7 Å². The van der Waals surface area contributed by atoms with Gasteiger partial charge in [-0.1, -0.05) is 0 Å². The van der Waals surface area contributed by atoms with Crippen molar-refractivity contribution in [3.63, 3.8) is 0 Å². The lowest BCUT2D eigenvalue weighted by atomic mass is 10.2. The zero-order valence-electron chi connectivity index (χ0n) is 11.8. The Morgan fingerprint density at radius 1 is 1.52 bits per heavy atom. The van der Waals surface area contributed by atoms with Gasteiger partial charge in [0.15, 0.2) is 0 Å². The molecule has 1 aliphatic rings. The van der Waals surface area contributed by atoms with Crippen LogP contribution in [0.5, 0.6) is 0 Å². The van der Waals surface area contributed by atoms with Gasteiger partial charge in [-0.3, -0.25) is 14.4 Å². The lowest BCUT2D eigenvalue weighted by Crippen LogP contribution is -2.41. The monoisotopic (exact) mass is 289 g/mol. The van der Waals surface area contributed by atoms with Gasteiger partial charge in [-0.2, -0.15) is 5.10 Å². The van der Waals surface area contributed by atoms with E-state index in [4.69, 9.17) is 4.42 Å². The molecule has 3 heterocycles. The number of rotatable bonds is 6. The molecular formula is C14H19N5O2. The third-order valence-corrected chi connectivity index (χ3v) is 3.75. The van der Waals surface area contributed by atoms with Crippen LogP contribution in [0.15, 0.2) is 35.5 Å². The number of hydrogen-bond acceptors (Lipinski definition) is 5. The fourth-order valence-electron chi connectivity index (χ4n) is 2.69. The summed E-state index contributed by atoms with van der Waals surface area (Å²) in [5, 5.41) is 7.01. The maximum absolute atomic E-state index is 12.0. The van der Waals surface area contributed by atoms with Gasteiger partial charge in [0, 0.05) is 6.04 Å². The third-order valence-electron chi connectivity index (χ3n) is 3.75. The Balaban J connectivity index is 1.47. The molecule has 0 bridgehead atoms. The highest BCUT2D eigenvalue weighted by Gasteiger charge is 2.26. The van der Waals surface area contributed by atoms with Crippen LogP contribution in [-0.4, -0.2) is 44.7 Å². The number of furan rings is 1. The summed E-state index contributed by atoms with van der Waals surface area (Å²) >= 11 is 0. The SMILES string of the molecule is O=C(CN1CCC[C@H]1Cn1cncn1)NCc1ccco1. The molecule has 0 radical (unpaired) electrons. The Hall–Kier alpha value is -2.15. The van der Waals surface area contributed by atoms with Crippen LogP contribution in [0, 0.1) is 0 Å². The second-order valence-corrected chi connectivity index (χ2v) is 5.24. The van der Waals surface area contributed by atoms with Gasteiger partial charge < -0.3 is 9.73 Å². The fourth-order valence-corrected chi connectivity index (χ4v) is 2.69. The van der Waals surface area contributed by atoms with Gasteiger partial charge in [0.2, 0.25) is 5.91 Å². The number of carbonyl (C=O) groups is 1.